The molecule has 0 aromatic heterocycles. The minimum absolute atomic E-state index is 0.0218. The maximum absolute atomic E-state index is 13.1. The molecule has 162 valence electrons. The van der Waals surface area contributed by atoms with Crippen LogP contribution < -0.4 is 10.1 Å². The number of carbonyl (C=O) groups is 2. The zero-order chi connectivity index (χ0) is 22.1. The van der Waals surface area contributed by atoms with Gasteiger partial charge in [-0.1, -0.05) is 42.0 Å². The largest absolute Gasteiger partial charge is 0.497 e. The second-order valence-corrected chi connectivity index (χ2v) is 8.68. The molecule has 5 nitrogen and oxygen atoms in total. The van der Waals surface area contributed by atoms with E-state index >= 15 is 0 Å². The summed E-state index contributed by atoms with van der Waals surface area (Å²) in [6, 6.07) is 15.3. The van der Waals surface area contributed by atoms with Crippen molar-refractivity contribution in [2.45, 2.75) is 52.1 Å². The first-order chi connectivity index (χ1) is 14.3. The summed E-state index contributed by atoms with van der Waals surface area (Å²) in [5.41, 5.74) is 3.36. The van der Waals surface area contributed by atoms with Crippen molar-refractivity contribution < 1.29 is 14.3 Å². The molecule has 2 aromatic rings. The topological polar surface area (TPSA) is 58.6 Å². The zero-order valence-corrected chi connectivity index (χ0v) is 19.3. The Bertz CT molecular complexity index is 837. The van der Waals surface area contributed by atoms with Gasteiger partial charge in [0, 0.05) is 18.3 Å². The number of hydrogen-bond acceptors (Lipinski definition) is 4. The van der Waals surface area contributed by atoms with Crippen molar-refractivity contribution in [3.8, 4) is 5.75 Å². The lowest BCUT2D eigenvalue weighted by Gasteiger charge is -2.29. The molecule has 0 spiro atoms. The van der Waals surface area contributed by atoms with Crippen LogP contribution in [0, 0.1) is 6.92 Å². The number of thioether (sulfide) groups is 1. The molecular formula is C24H32N2O3S. The number of hydrogen-bond donors (Lipinski definition) is 1. The molecule has 0 aliphatic heterocycles. The van der Waals surface area contributed by atoms with Crippen molar-refractivity contribution in [1.29, 1.82) is 0 Å². The van der Waals surface area contributed by atoms with Crippen molar-refractivity contribution in [3.63, 3.8) is 0 Å². The standard InChI is InChI=1S/C24H32N2O3S/c1-17(2)25-24(28)19(4)26(14-20-9-11-22(29-5)12-10-20)23(27)16-30-15-21-8-6-7-18(3)13-21/h6-13,17,19H,14-16H2,1-5H3,(H,25,28). The van der Waals surface area contributed by atoms with Crippen LogP contribution in [0.2, 0.25) is 0 Å². The van der Waals surface area contributed by atoms with Crippen LogP contribution >= 0.6 is 11.8 Å². The molecule has 0 radical (unpaired) electrons. The van der Waals surface area contributed by atoms with Crippen LogP contribution in [-0.2, 0) is 21.9 Å². The van der Waals surface area contributed by atoms with Crippen molar-refractivity contribution in [2.75, 3.05) is 12.9 Å². The number of methoxy groups -OCH3 is 1. The fraction of sp³-hybridized carbons (Fsp3) is 0.417. The van der Waals surface area contributed by atoms with Gasteiger partial charge in [-0.3, -0.25) is 9.59 Å². The number of nitrogens with zero attached hydrogens (tertiary/aromatic N) is 1. The van der Waals surface area contributed by atoms with E-state index in [4.69, 9.17) is 4.74 Å². The molecule has 1 unspecified atom stereocenters. The van der Waals surface area contributed by atoms with Crippen molar-refractivity contribution in [1.82, 2.24) is 10.2 Å². The predicted octanol–water partition coefficient (Wildman–Crippen LogP) is 4.18. The van der Waals surface area contributed by atoms with Gasteiger partial charge in [0.2, 0.25) is 11.8 Å². The zero-order valence-electron chi connectivity index (χ0n) is 18.5. The van der Waals surface area contributed by atoms with E-state index in [1.165, 1.54) is 11.1 Å². The maximum Gasteiger partial charge on any atom is 0.242 e. The number of amides is 2. The van der Waals surface area contributed by atoms with Crippen LogP contribution in [0.15, 0.2) is 48.5 Å². The third-order valence-electron chi connectivity index (χ3n) is 4.69. The minimum Gasteiger partial charge on any atom is -0.497 e. The molecule has 0 bridgehead atoms. The highest BCUT2D eigenvalue weighted by Crippen LogP contribution is 2.18. The van der Waals surface area contributed by atoms with Crippen LogP contribution in [-0.4, -0.2) is 41.7 Å². The molecule has 0 saturated carbocycles. The molecule has 0 heterocycles. The summed E-state index contributed by atoms with van der Waals surface area (Å²) in [7, 11) is 1.62. The number of carbonyl (C=O) groups excluding carboxylic acids is 2. The van der Waals surface area contributed by atoms with Crippen LogP contribution in [0.1, 0.15) is 37.5 Å². The molecule has 0 aliphatic rings. The minimum atomic E-state index is -0.554. The van der Waals surface area contributed by atoms with Crippen molar-refractivity contribution >= 4 is 23.6 Å². The van der Waals surface area contributed by atoms with Crippen molar-refractivity contribution in [3.05, 3.63) is 65.2 Å². The van der Waals surface area contributed by atoms with E-state index in [1.54, 1.807) is 30.7 Å². The van der Waals surface area contributed by atoms with E-state index in [2.05, 4.69) is 30.4 Å². The number of benzene rings is 2. The molecule has 30 heavy (non-hydrogen) atoms. The van der Waals surface area contributed by atoms with Gasteiger partial charge in [0.05, 0.1) is 12.9 Å². The van der Waals surface area contributed by atoms with E-state index in [-0.39, 0.29) is 17.9 Å². The normalized spacial score (nSPS) is 11.8. The SMILES string of the molecule is COc1ccc(CN(C(=O)CSCc2cccc(C)c2)C(C)C(=O)NC(C)C)cc1. The Morgan fingerprint density at radius 2 is 1.77 bits per heavy atom. The molecule has 0 aliphatic carbocycles. The Morgan fingerprint density at radius 1 is 1.07 bits per heavy atom. The second kappa shape index (κ2) is 11.6. The molecule has 6 heteroatoms. The van der Waals surface area contributed by atoms with Gasteiger partial charge >= 0.3 is 0 Å². The molecule has 2 aromatic carbocycles. The fourth-order valence-corrected chi connectivity index (χ4v) is 3.91. The summed E-state index contributed by atoms with van der Waals surface area (Å²) < 4.78 is 5.21. The third kappa shape index (κ3) is 7.41. The summed E-state index contributed by atoms with van der Waals surface area (Å²) in [4.78, 5) is 27.3. The Kier molecular flexibility index (Phi) is 9.24. The Hall–Kier alpha value is -2.47. The molecule has 2 amide bonds. The number of rotatable bonds is 10. The highest BCUT2D eigenvalue weighted by atomic mass is 32.2. The van der Waals surface area contributed by atoms with Crippen LogP contribution in [0.25, 0.3) is 0 Å². The van der Waals surface area contributed by atoms with Gasteiger partial charge in [0.15, 0.2) is 0 Å². The number of ether oxygens (including phenoxy) is 1. The van der Waals surface area contributed by atoms with Gasteiger partial charge in [0.25, 0.3) is 0 Å². The van der Waals surface area contributed by atoms with Crippen molar-refractivity contribution in [2.24, 2.45) is 0 Å². The average molecular weight is 429 g/mol. The first-order valence-corrected chi connectivity index (χ1v) is 11.3. The molecule has 0 saturated heterocycles. The Labute approximate surface area is 184 Å². The van der Waals surface area contributed by atoms with E-state index in [9.17, 15) is 9.59 Å². The first kappa shape index (κ1) is 23.8. The van der Waals surface area contributed by atoms with Crippen LogP contribution in [0.4, 0.5) is 0 Å². The van der Waals surface area contributed by atoms with Gasteiger partial charge in [-0.25, -0.2) is 0 Å². The summed E-state index contributed by atoms with van der Waals surface area (Å²) >= 11 is 1.57. The van der Waals surface area contributed by atoms with E-state index in [1.807, 2.05) is 44.2 Å². The van der Waals surface area contributed by atoms with Gasteiger partial charge in [-0.15, -0.1) is 11.8 Å². The molecular weight excluding hydrogens is 396 g/mol. The monoisotopic (exact) mass is 428 g/mol. The fourth-order valence-electron chi connectivity index (χ4n) is 3.06. The third-order valence-corrected chi connectivity index (χ3v) is 5.68. The smallest absolute Gasteiger partial charge is 0.242 e. The Morgan fingerprint density at radius 3 is 2.37 bits per heavy atom. The summed E-state index contributed by atoms with van der Waals surface area (Å²) in [5, 5.41) is 2.91. The van der Waals surface area contributed by atoms with Gasteiger partial charge in [-0.2, -0.15) is 0 Å². The highest BCUT2D eigenvalue weighted by molar-refractivity contribution is 7.99. The number of aryl methyl sites for hydroxylation is 1. The summed E-state index contributed by atoms with van der Waals surface area (Å²) in [6.07, 6.45) is 0. The lowest BCUT2D eigenvalue weighted by atomic mass is 10.1. The van der Waals surface area contributed by atoms with E-state index in [0.29, 0.717) is 12.3 Å². The summed E-state index contributed by atoms with van der Waals surface area (Å²) in [5.74, 6) is 1.65. The number of nitrogens with one attached hydrogen (secondary N) is 1. The van der Waals surface area contributed by atoms with Gasteiger partial charge in [-0.05, 0) is 51.0 Å². The van der Waals surface area contributed by atoms with Gasteiger partial charge in [0.1, 0.15) is 11.8 Å². The molecule has 1 atom stereocenters. The van der Waals surface area contributed by atoms with Crippen LogP contribution in [0.3, 0.4) is 0 Å². The second-order valence-electron chi connectivity index (χ2n) is 7.69. The van der Waals surface area contributed by atoms with Crippen LogP contribution in [0.5, 0.6) is 5.75 Å². The first-order valence-electron chi connectivity index (χ1n) is 10.2. The maximum atomic E-state index is 13.1. The van der Waals surface area contributed by atoms with Gasteiger partial charge < -0.3 is 15.0 Å². The summed E-state index contributed by atoms with van der Waals surface area (Å²) in [6.45, 7) is 8.05. The quantitative estimate of drug-likeness (QED) is 0.617. The lowest BCUT2D eigenvalue weighted by molar-refractivity contribution is -0.138. The lowest BCUT2D eigenvalue weighted by Crippen LogP contribution is -2.49. The van der Waals surface area contributed by atoms with E-state index in [0.717, 1.165) is 17.1 Å². The predicted molar refractivity (Wildman–Crippen MR) is 124 cm³/mol. The molecule has 0 fully saturated rings. The average Bonchev–Trinajstić information content (AvgIpc) is 2.71. The Balaban J connectivity index is 2.07. The molecule has 1 N–H and O–H groups in total. The molecule has 2 rings (SSSR count). The van der Waals surface area contributed by atoms with E-state index < -0.39 is 6.04 Å². The highest BCUT2D eigenvalue weighted by Gasteiger charge is 2.26.